The molecule has 1 saturated carbocycles. The van der Waals surface area contributed by atoms with Gasteiger partial charge in [0.1, 0.15) is 0 Å². The summed E-state index contributed by atoms with van der Waals surface area (Å²) in [5, 5.41) is 14.9. The largest absolute Gasteiger partial charge is 0.393 e. The van der Waals surface area contributed by atoms with Crippen LogP contribution in [0.25, 0.3) is 0 Å². The van der Waals surface area contributed by atoms with E-state index in [1.54, 1.807) is 0 Å². The Kier molecular flexibility index (Phi) is 4.90. The first-order valence-corrected chi connectivity index (χ1v) is 8.08. The van der Waals surface area contributed by atoms with E-state index in [1.165, 1.54) is 25.7 Å². The molecule has 0 amide bonds. The van der Waals surface area contributed by atoms with E-state index in [4.69, 9.17) is 0 Å². The van der Waals surface area contributed by atoms with E-state index in [-0.39, 0.29) is 11.5 Å². The number of aromatic nitrogens is 2. The third-order valence-electron chi connectivity index (χ3n) is 4.91. The molecule has 0 saturated heterocycles. The number of hydrogen-bond acceptors (Lipinski definition) is 2. The Morgan fingerprint density at radius 2 is 2.00 bits per heavy atom. The number of nitrogens with zero attached hydrogens (tertiary/aromatic N) is 2. The maximum absolute atomic E-state index is 10.3. The van der Waals surface area contributed by atoms with Gasteiger partial charge in [0.2, 0.25) is 0 Å². The zero-order chi connectivity index (χ0) is 14.8. The lowest BCUT2D eigenvalue weighted by Crippen LogP contribution is -2.24. The van der Waals surface area contributed by atoms with Gasteiger partial charge in [0.15, 0.2) is 0 Å². The highest BCUT2D eigenvalue weighted by Gasteiger charge is 2.23. The zero-order valence-corrected chi connectivity index (χ0v) is 13.5. The lowest BCUT2D eigenvalue weighted by atomic mass is 9.78. The molecule has 1 aromatic rings. The highest BCUT2D eigenvalue weighted by molar-refractivity contribution is 5.02. The van der Waals surface area contributed by atoms with Gasteiger partial charge in [-0.15, -0.1) is 0 Å². The molecule has 2 rings (SSSR count). The smallest absolute Gasteiger partial charge is 0.0650 e. The number of aliphatic hydroxyl groups is 1. The summed E-state index contributed by atoms with van der Waals surface area (Å²) in [5.41, 5.74) is 1.29. The van der Waals surface area contributed by atoms with E-state index in [0.29, 0.717) is 18.4 Å². The van der Waals surface area contributed by atoms with Crippen molar-refractivity contribution in [2.75, 3.05) is 0 Å². The summed E-state index contributed by atoms with van der Waals surface area (Å²) in [4.78, 5) is 0. The van der Waals surface area contributed by atoms with Gasteiger partial charge in [-0.05, 0) is 36.7 Å². The molecule has 0 aliphatic heterocycles. The molecule has 1 aliphatic carbocycles. The van der Waals surface area contributed by atoms with Gasteiger partial charge in [0.05, 0.1) is 17.8 Å². The van der Waals surface area contributed by atoms with E-state index in [0.717, 1.165) is 12.1 Å². The highest BCUT2D eigenvalue weighted by Crippen LogP contribution is 2.30. The molecule has 2 atom stereocenters. The molecule has 3 nitrogen and oxygen atoms in total. The van der Waals surface area contributed by atoms with Gasteiger partial charge in [-0.1, -0.05) is 40.5 Å². The fourth-order valence-corrected chi connectivity index (χ4v) is 2.94. The summed E-state index contributed by atoms with van der Waals surface area (Å²) in [5.74, 6) is 0.509. The summed E-state index contributed by atoms with van der Waals surface area (Å²) in [6, 6.07) is 2.66. The average molecular weight is 278 g/mol. The second-order valence-corrected chi connectivity index (χ2v) is 7.59. The highest BCUT2D eigenvalue weighted by atomic mass is 16.3. The van der Waals surface area contributed by atoms with Gasteiger partial charge in [-0.2, -0.15) is 5.10 Å². The van der Waals surface area contributed by atoms with Crippen LogP contribution in [0, 0.1) is 11.3 Å². The van der Waals surface area contributed by atoms with Crippen LogP contribution < -0.4 is 0 Å². The van der Waals surface area contributed by atoms with Crippen molar-refractivity contribution in [1.82, 2.24) is 9.78 Å². The minimum Gasteiger partial charge on any atom is -0.393 e. The van der Waals surface area contributed by atoms with Crippen molar-refractivity contribution < 1.29 is 5.11 Å². The zero-order valence-electron chi connectivity index (χ0n) is 13.5. The van der Waals surface area contributed by atoms with Crippen molar-refractivity contribution in [2.45, 2.75) is 78.4 Å². The van der Waals surface area contributed by atoms with Gasteiger partial charge < -0.3 is 5.11 Å². The monoisotopic (exact) mass is 278 g/mol. The van der Waals surface area contributed by atoms with Crippen LogP contribution in [0.1, 0.15) is 71.5 Å². The van der Waals surface area contributed by atoms with Crippen LogP contribution in [-0.4, -0.2) is 21.0 Å². The molecule has 1 N–H and O–H groups in total. The lowest BCUT2D eigenvalue weighted by Gasteiger charge is -2.28. The van der Waals surface area contributed by atoms with Crippen LogP contribution in [0.4, 0.5) is 0 Å². The number of rotatable bonds is 5. The molecular weight excluding hydrogens is 248 g/mol. The normalized spacial score (nSPS) is 20.2. The third-order valence-corrected chi connectivity index (χ3v) is 4.91. The first-order chi connectivity index (χ1) is 9.36. The Labute approximate surface area is 123 Å². The van der Waals surface area contributed by atoms with Crippen molar-refractivity contribution in [1.29, 1.82) is 0 Å². The number of aliphatic hydroxyl groups excluding tert-OH is 1. The Hall–Kier alpha value is -0.830. The van der Waals surface area contributed by atoms with E-state index in [2.05, 4.69) is 49.7 Å². The predicted octanol–water partition coefficient (Wildman–Crippen LogP) is 3.97. The fraction of sp³-hybridized carbons (Fsp3) is 0.824. The maximum atomic E-state index is 10.3. The van der Waals surface area contributed by atoms with Gasteiger partial charge in [-0.25, -0.2) is 0 Å². The lowest BCUT2D eigenvalue weighted by molar-refractivity contribution is 0.109. The molecule has 1 aromatic heterocycles. The van der Waals surface area contributed by atoms with E-state index in [1.807, 2.05) is 0 Å². The summed E-state index contributed by atoms with van der Waals surface area (Å²) >= 11 is 0. The van der Waals surface area contributed by atoms with Crippen molar-refractivity contribution in [3.63, 3.8) is 0 Å². The van der Waals surface area contributed by atoms with Crippen LogP contribution in [0.15, 0.2) is 12.3 Å². The molecule has 1 heterocycles. The third kappa shape index (κ3) is 4.08. The first kappa shape index (κ1) is 15.6. The molecule has 3 heteroatoms. The van der Waals surface area contributed by atoms with Crippen molar-refractivity contribution in [3.8, 4) is 0 Å². The molecule has 1 fully saturated rings. The van der Waals surface area contributed by atoms with Crippen molar-refractivity contribution in [3.05, 3.63) is 18.0 Å². The second-order valence-electron chi connectivity index (χ2n) is 7.59. The molecule has 0 aromatic carbocycles. The predicted molar refractivity (Wildman–Crippen MR) is 82.7 cm³/mol. The molecular formula is C17H30N2O. The Morgan fingerprint density at radius 1 is 1.35 bits per heavy atom. The van der Waals surface area contributed by atoms with Gasteiger partial charge in [0.25, 0.3) is 0 Å². The Balaban J connectivity index is 1.86. The summed E-state index contributed by atoms with van der Waals surface area (Å²) in [7, 11) is 0. The molecule has 1 aliphatic rings. The maximum Gasteiger partial charge on any atom is 0.0650 e. The first-order valence-electron chi connectivity index (χ1n) is 8.08. The van der Waals surface area contributed by atoms with Crippen molar-refractivity contribution in [2.24, 2.45) is 11.3 Å². The van der Waals surface area contributed by atoms with Crippen LogP contribution in [-0.2, 0) is 6.42 Å². The molecule has 114 valence electrons. The molecule has 0 radical (unpaired) electrons. The van der Waals surface area contributed by atoms with Crippen LogP contribution in [0.2, 0.25) is 0 Å². The second kappa shape index (κ2) is 6.30. The van der Waals surface area contributed by atoms with Crippen LogP contribution in [0.3, 0.4) is 0 Å². The topological polar surface area (TPSA) is 38.0 Å². The average Bonchev–Trinajstić information content (AvgIpc) is 2.96. The molecule has 2 unspecified atom stereocenters. The van der Waals surface area contributed by atoms with Gasteiger partial charge in [-0.3, -0.25) is 4.68 Å². The van der Waals surface area contributed by atoms with E-state index >= 15 is 0 Å². The SMILES string of the molecule is CC(CC(O)Cc1ccn(C2CCCC2)n1)C(C)(C)C. The molecule has 0 bridgehead atoms. The summed E-state index contributed by atoms with van der Waals surface area (Å²) < 4.78 is 2.11. The van der Waals surface area contributed by atoms with Gasteiger partial charge in [0, 0.05) is 12.6 Å². The Morgan fingerprint density at radius 3 is 2.60 bits per heavy atom. The quantitative estimate of drug-likeness (QED) is 0.885. The standard InChI is InChI=1S/C17H30N2O/c1-13(17(2,3)4)11-16(20)12-14-9-10-19(18-14)15-7-5-6-8-15/h9-10,13,15-16,20H,5-8,11-12H2,1-4H3. The molecule has 20 heavy (non-hydrogen) atoms. The van der Waals surface area contributed by atoms with Crippen LogP contribution >= 0.6 is 0 Å². The van der Waals surface area contributed by atoms with Crippen LogP contribution in [0.5, 0.6) is 0 Å². The minimum absolute atomic E-state index is 0.254. The summed E-state index contributed by atoms with van der Waals surface area (Å²) in [6.07, 6.45) is 8.49. The van der Waals surface area contributed by atoms with E-state index in [9.17, 15) is 5.11 Å². The molecule has 0 spiro atoms. The van der Waals surface area contributed by atoms with E-state index < -0.39 is 0 Å². The Bertz CT molecular complexity index is 413. The van der Waals surface area contributed by atoms with Gasteiger partial charge >= 0.3 is 0 Å². The summed E-state index contributed by atoms with van der Waals surface area (Å²) in [6.45, 7) is 8.93. The minimum atomic E-state index is -0.281. The number of hydrogen-bond donors (Lipinski definition) is 1. The van der Waals surface area contributed by atoms with Crippen molar-refractivity contribution >= 4 is 0 Å². The fourth-order valence-electron chi connectivity index (χ4n) is 2.94.